The molecule has 0 radical (unpaired) electrons. The van der Waals surface area contributed by atoms with E-state index in [1.165, 1.54) is 14.2 Å². The fourth-order valence-electron chi connectivity index (χ4n) is 3.75. The minimum atomic E-state index is -1.80. The van der Waals surface area contributed by atoms with Crippen molar-refractivity contribution in [2.75, 3.05) is 19.5 Å². The molecule has 0 saturated heterocycles. The molecule has 7 nitrogen and oxygen atoms in total. The minimum absolute atomic E-state index is 0.0487. The van der Waals surface area contributed by atoms with Gasteiger partial charge in [0.25, 0.3) is 5.91 Å². The van der Waals surface area contributed by atoms with Gasteiger partial charge in [-0.25, -0.2) is 9.59 Å². The van der Waals surface area contributed by atoms with Crippen LogP contribution in [0.2, 0.25) is 0 Å². The molecule has 1 amide bonds. The molecule has 7 heteroatoms. The number of carbonyl (C=O) groups excluding carboxylic acids is 3. The number of benzene rings is 2. The number of ether oxygens (including phenoxy) is 3. The Morgan fingerprint density at radius 3 is 2.29 bits per heavy atom. The number of esters is 2. The molecule has 2 aliphatic heterocycles. The van der Waals surface area contributed by atoms with Crippen LogP contribution in [0.25, 0.3) is 0 Å². The first-order valence-corrected chi connectivity index (χ1v) is 8.59. The van der Waals surface area contributed by atoms with Crippen molar-refractivity contribution >= 4 is 23.5 Å². The van der Waals surface area contributed by atoms with Crippen LogP contribution < -0.4 is 5.32 Å². The van der Waals surface area contributed by atoms with Gasteiger partial charge in [-0.05, 0) is 11.6 Å². The largest absolute Gasteiger partial charge is 0.466 e. The highest BCUT2D eigenvalue weighted by atomic mass is 16.6. The van der Waals surface area contributed by atoms with Crippen LogP contribution in [-0.2, 0) is 34.2 Å². The van der Waals surface area contributed by atoms with Crippen molar-refractivity contribution < 1.29 is 28.6 Å². The zero-order chi connectivity index (χ0) is 19.9. The van der Waals surface area contributed by atoms with Crippen LogP contribution in [0.5, 0.6) is 0 Å². The molecular weight excluding hydrogens is 362 g/mol. The molecule has 0 fully saturated rings. The second kappa shape index (κ2) is 6.61. The maximum absolute atomic E-state index is 13.1. The highest BCUT2D eigenvalue weighted by molar-refractivity contribution is 6.16. The summed E-state index contributed by atoms with van der Waals surface area (Å²) in [6, 6.07) is 15.7. The van der Waals surface area contributed by atoms with Crippen molar-refractivity contribution in [1.29, 1.82) is 0 Å². The first kappa shape index (κ1) is 17.9. The lowest BCUT2D eigenvalue weighted by Gasteiger charge is -2.25. The fraction of sp³-hybridized carbons (Fsp3) is 0.190. The predicted molar refractivity (Wildman–Crippen MR) is 98.1 cm³/mol. The lowest BCUT2D eigenvalue weighted by atomic mass is 9.85. The number of fused-ring (bicyclic) bond motifs is 2. The lowest BCUT2D eigenvalue weighted by molar-refractivity contribution is -0.147. The molecule has 0 bridgehead atoms. The van der Waals surface area contributed by atoms with Gasteiger partial charge in [-0.2, -0.15) is 0 Å². The van der Waals surface area contributed by atoms with E-state index in [4.69, 9.17) is 14.2 Å². The van der Waals surface area contributed by atoms with Crippen LogP contribution in [0.15, 0.2) is 65.7 Å². The molecule has 4 rings (SSSR count). The third kappa shape index (κ3) is 2.36. The van der Waals surface area contributed by atoms with Crippen LogP contribution in [-0.4, -0.2) is 32.1 Å². The summed E-state index contributed by atoms with van der Waals surface area (Å²) < 4.78 is 16.1. The molecule has 0 unspecified atom stereocenters. The van der Waals surface area contributed by atoms with E-state index in [9.17, 15) is 14.4 Å². The SMILES string of the molecule is COC(=O)C1=C(C(=O)OC)[C@@]2(O[C@H]1c1ccccc1)C(=O)Nc1ccccc12. The predicted octanol–water partition coefficient (Wildman–Crippen LogP) is 2.25. The average molecular weight is 379 g/mol. The van der Waals surface area contributed by atoms with Crippen molar-refractivity contribution in [3.8, 4) is 0 Å². The summed E-state index contributed by atoms with van der Waals surface area (Å²) in [5.41, 5.74) is -0.454. The van der Waals surface area contributed by atoms with Crippen LogP contribution in [0, 0.1) is 0 Å². The van der Waals surface area contributed by atoms with Gasteiger partial charge in [0.2, 0.25) is 5.60 Å². The first-order valence-electron chi connectivity index (χ1n) is 8.59. The van der Waals surface area contributed by atoms with Gasteiger partial charge in [0.1, 0.15) is 6.10 Å². The Bertz CT molecular complexity index is 1010. The topological polar surface area (TPSA) is 90.9 Å². The van der Waals surface area contributed by atoms with E-state index in [2.05, 4.69) is 5.32 Å². The molecule has 0 aliphatic carbocycles. The third-order valence-electron chi connectivity index (χ3n) is 4.95. The number of nitrogens with one attached hydrogen (secondary N) is 1. The Morgan fingerprint density at radius 2 is 1.61 bits per heavy atom. The molecule has 2 heterocycles. The summed E-state index contributed by atoms with van der Waals surface area (Å²) in [5, 5.41) is 2.73. The van der Waals surface area contributed by atoms with E-state index in [1.807, 2.05) is 6.07 Å². The summed E-state index contributed by atoms with van der Waals surface area (Å²) in [6.07, 6.45) is -0.973. The molecule has 0 aromatic heterocycles. The zero-order valence-corrected chi connectivity index (χ0v) is 15.2. The molecule has 0 saturated carbocycles. The van der Waals surface area contributed by atoms with Gasteiger partial charge < -0.3 is 19.5 Å². The minimum Gasteiger partial charge on any atom is -0.466 e. The van der Waals surface area contributed by atoms with Crippen LogP contribution in [0.4, 0.5) is 5.69 Å². The van der Waals surface area contributed by atoms with E-state index in [1.54, 1.807) is 48.5 Å². The Hall–Kier alpha value is -3.45. The normalized spacial score (nSPS) is 22.8. The maximum Gasteiger partial charge on any atom is 0.338 e. The van der Waals surface area contributed by atoms with Gasteiger partial charge >= 0.3 is 11.9 Å². The quantitative estimate of drug-likeness (QED) is 0.823. The molecule has 2 aromatic carbocycles. The number of methoxy groups -OCH3 is 2. The molecule has 142 valence electrons. The van der Waals surface area contributed by atoms with Gasteiger partial charge in [0.15, 0.2) is 0 Å². The van der Waals surface area contributed by atoms with Gasteiger partial charge in [-0.15, -0.1) is 0 Å². The number of hydrogen-bond acceptors (Lipinski definition) is 6. The third-order valence-corrected chi connectivity index (χ3v) is 4.95. The van der Waals surface area contributed by atoms with Crippen molar-refractivity contribution in [3.63, 3.8) is 0 Å². The highest BCUT2D eigenvalue weighted by Gasteiger charge is 2.62. The molecule has 2 atom stereocenters. The smallest absolute Gasteiger partial charge is 0.338 e. The standard InChI is InChI=1S/C21H17NO6/c1-26-18(23)15-16(19(24)27-2)21(28-17(15)12-8-4-3-5-9-12)13-10-6-7-11-14(13)22-20(21)25/h3-11,17H,1-2H3,(H,22,25)/t17-,21+/m0/s1. The second-order valence-corrected chi connectivity index (χ2v) is 6.36. The Morgan fingerprint density at radius 1 is 0.964 bits per heavy atom. The second-order valence-electron chi connectivity index (χ2n) is 6.36. The van der Waals surface area contributed by atoms with Crippen molar-refractivity contribution in [2.45, 2.75) is 11.7 Å². The maximum atomic E-state index is 13.1. The van der Waals surface area contributed by atoms with Crippen molar-refractivity contribution in [2.24, 2.45) is 0 Å². The number of rotatable bonds is 3. The van der Waals surface area contributed by atoms with E-state index in [0.717, 1.165) is 0 Å². The Balaban J connectivity index is 2.03. The molecule has 1 spiro atoms. The Kier molecular flexibility index (Phi) is 4.24. The van der Waals surface area contributed by atoms with Crippen molar-refractivity contribution in [1.82, 2.24) is 0 Å². The summed E-state index contributed by atoms with van der Waals surface area (Å²) in [7, 11) is 2.40. The molecule has 2 aliphatic rings. The van der Waals surface area contributed by atoms with E-state index in [-0.39, 0.29) is 11.1 Å². The molecule has 28 heavy (non-hydrogen) atoms. The van der Waals surface area contributed by atoms with E-state index >= 15 is 0 Å². The number of hydrogen-bond donors (Lipinski definition) is 1. The number of carbonyl (C=O) groups is 3. The van der Waals surface area contributed by atoms with Crippen LogP contribution in [0.1, 0.15) is 17.2 Å². The Labute approximate surface area is 160 Å². The number of amides is 1. The van der Waals surface area contributed by atoms with Crippen LogP contribution in [0.3, 0.4) is 0 Å². The van der Waals surface area contributed by atoms with E-state index in [0.29, 0.717) is 16.8 Å². The first-order chi connectivity index (χ1) is 13.5. The summed E-state index contributed by atoms with van der Waals surface area (Å²) in [4.78, 5) is 38.6. The number of para-hydroxylation sites is 1. The van der Waals surface area contributed by atoms with Gasteiger partial charge in [-0.3, -0.25) is 4.79 Å². The average Bonchev–Trinajstić information content (AvgIpc) is 3.24. The summed E-state index contributed by atoms with van der Waals surface area (Å²) >= 11 is 0. The monoisotopic (exact) mass is 379 g/mol. The van der Waals surface area contributed by atoms with E-state index < -0.39 is 29.6 Å². The number of anilines is 1. The summed E-state index contributed by atoms with van der Waals surface area (Å²) in [5.74, 6) is -2.15. The highest BCUT2D eigenvalue weighted by Crippen LogP contribution is 2.55. The summed E-state index contributed by atoms with van der Waals surface area (Å²) in [6.45, 7) is 0. The zero-order valence-electron chi connectivity index (χ0n) is 15.2. The van der Waals surface area contributed by atoms with Gasteiger partial charge in [-0.1, -0.05) is 48.5 Å². The van der Waals surface area contributed by atoms with Crippen molar-refractivity contribution in [3.05, 3.63) is 76.9 Å². The molecular formula is C21H17NO6. The van der Waals surface area contributed by atoms with Gasteiger partial charge in [0, 0.05) is 11.3 Å². The molecule has 1 N–H and O–H groups in total. The van der Waals surface area contributed by atoms with Crippen LogP contribution >= 0.6 is 0 Å². The molecule has 2 aromatic rings. The lowest BCUT2D eigenvalue weighted by Crippen LogP contribution is -2.39. The van der Waals surface area contributed by atoms with Gasteiger partial charge in [0.05, 0.1) is 25.4 Å². The fourth-order valence-corrected chi connectivity index (χ4v) is 3.75.